The molecule has 1 rings (SSSR count). The smallest absolute Gasteiger partial charge is 0.235 e. The number of nitrogens with one attached hydrogen (secondary N) is 1. The summed E-state index contributed by atoms with van der Waals surface area (Å²) in [5, 5.41) is 2.37. The van der Waals surface area contributed by atoms with Crippen LogP contribution >= 0.6 is 0 Å². The normalized spacial score (nSPS) is 11.3. The van der Waals surface area contributed by atoms with Crippen LogP contribution in [0.5, 0.6) is 0 Å². The number of benzene rings is 1. The van der Waals surface area contributed by atoms with Crippen molar-refractivity contribution in [1.29, 1.82) is 0 Å². The Labute approximate surface area is 110 Å². The molecule has 1 amide bonds. The van der Waals surface area contributed by atoms with Gasteiger partial charge in [-0.25, -0.2) is 12.8 Å². The highest BCUT2D eigenvalue weighted by Crippen LogP contribution is 2.17. The first-order valence-electron chi connectivity index (χ1n) is 5.40. The molecule has 0 aliphatic heterocycles. The monoisotopic (exact) mass is 290 g/mol. The van der Waals surface area contributed by atoms with E-state index in [0.29, 0.717) is 0 Å². The Hall–Kier alpha value is -1.67. The Kier molecular flexibility index (Phi) is 5.25. The van der Waals surface area contributed by atoms with E-state index in [4.69, 9.17) is 10.5 Å². The summed E-state index contributed by atoms with van der Waals surface area (Å²) >= 11 is 0. The Morgan fingerprint density at radius 2 is 2.16 bits per heavy atom. The van der Waals surface area contributed by atoms with Gasteiger partial charge in [-0.15, -0.1) is 0 Å². The van der Waals surface area contributed by atoms with Gasteiger partial charge in [0.2, 0.25) is 5.91 Å². The first kappa shape index (κ1) is 15.4. The molecule has 0 radical (unpaired) electrons. The molecule has 0 bridgehead atoms. The number of carbonyl (C=O) groups is 1. The molecule has 1 aromatic carbocycles. The summed E-state index contributed by atoms with van der Waals surface area (Å²) in [6.45, 7) is 0.489. The summed E-state index contributed by atoms with van der Waals surface area (Å²) in [6, 6.07) is 3.11. The van der Waals surface area contributed by atoms with E-state index in [-0.39, 0.29) is 23.7 Å². The molecule has 1 aromatic rings. The zero-order valence-electron chi connectivity index (χ0n) is 10.3. The van der Waals surface area contributed by atoms with Crippen LogP contribution in [0.25, 0.3) is 0 Å². The van der Waals surface area contributed by atoms with Crippen LogP contribution in [-0.4, -0.2) is 40.3 Å². The van der Waals surface area contributed by atoms with Crippen LogP contribution in [0.3, 0.4) is 0 Å². The Morgan fingerprint density at radius 3 is 2.74 bits per heavy atom. The summed E-state index contributed by atoms with van der Waals surface area (Å²) in [6.07, 6.45) is 0. The lowest BCUT2D eigenvalue weighted by molar-refractivity contribution is -0.118. The minimum Gasteiger partial charge on any atom is -0.396 e. The molecular weight excluding hydrogens is 275 g/mol. The highest BCUT2D eigenvalue weighted by Gasteiger charge is 2.20. The minimum atomic E-state index is -3.88. The van der Waals surface area contributed by atoms with Gasteiger partial charge in [0.05, 0.1) is 17.2 Å². The van der Waals surface area contributed by atoms with Crippen LogP contribution in [0.2, 0.25) is 0 Å². The minimum absolute atomic E-state index is 0.150. The predicted molar refractivity (Wildman–Crippen MR) is 67.8 cm³/mol. The second kappa shape index (κ2) is 6.48. The van der Waals surface area contributed by atoms with Crippen LogP contribution in [0.1, 0.15) is 0 Å². The van der Waals surface area contributed by atoms with Gasteiger partial charge in [-0.2, -0.15) is 0 Å². The number of anilines is 1. The summed E-state index contributed by atoms with van der Waals surface area (Å²) in [7, 11) is -2.43. The second-order valence-corrected chi connectivity index (χ2v) is 5.77. The molecule has 0 aliphatic rings. The van der Waals surface area contributed by atoms with Crippen molar-refractivity contribution in [3.63, 3.8) is 0 Å². The standard InChI is InChI=1S/C11H15FN2O4S/c1-18-5-4-14-11(15)7-19(16,17)8-2-3-10(13)9(12)6-8/h2-3,6H,4-5,7,13H2,1H3,(H,14,15). The lowest BCUT2D eigenvalue weighted by Crippen LogP contribution is -2.32. The van der Waals surface area contributed by atoms with Crippen molar-refractivity contribution in [1.82, 2.24) is 5.32 Å². The molecule has 0 spiro atoms. The van der Waals surface area contributed by atoms with Crippen LogP contribution < -0.4 is 11.1 Å². The molecule has 0 heterocycles. The van der Waals surface area contributed by atoms with Gasteiger partial charge in [-0.05, 0) is 18.2 Å². The van der Waals surface area contributed by atoms with Crippen molar-refractivity contribution in [2.45, 2.75) is 4.90 Å². The zero-order valence-corrected chi connectivity index (χ0v) is 11.2. The maximum Gasteiger partial charge on any atom is 0.235 e. The predicted octanol–water partition coefficient (Wildman–Crippen LogP) is -0.0558. The number of rotatable bonds is 6. The van der Waals surface area contributed by atoms with Crippen molar-refractivity contribution in [2.24, 2.45) is 0 Å². The van der Waals surface area contributed by atoms with Crippen molar-refractivity contribution >= 4 is 21.4 Å². The molecule has 6 nitrogen and oxygen atoms in total. The maximum atomic E-state index is 13.2. The molecule has 19 heavy (non-hydrogen) atoms. The number of carbonyl (C=O) groups excluding carboxylic acids is 1. The third-order valence-corrected chi connectivity index (χ3v) is 3.89. The molecule has 0 aromatic heterocycles. The fourth-order valence-electron chi connectivity index (χ4n) is 1.30. The van der Waals surface area contributed by atoms with Crippen molar-refractivity contribution in [3.05, 3.63) is 24.0 Å². The van der Waals surface area contributed by atoms with E-state index in [1.54, 1.807) is 0 Å². The highest BCUT2D eigenvalue weighted by atomic mass is 32.2. The van der Waals surface area contributed by atoms with E-state index >= 15 is 0 Å². The number of nitrogen functional groups attached to an aromatic ring is 1. The van der Waals surface area contributed by atoms with E-state index in [2.05, 4.69) is 5.32 Å². The summed E-state index contributed by atoms with van der Waals surface area (Å²) in [4.78, 5) is 11.1. The summed E-state index contributed by atoms with van der Waals surface area (Å²) < 4.78 is 41.6. The lowest BCUT2D eigenvalue weighted by Gasteiger charge is -2.06. The van der Waals surface area contributed by atoms with E-state index < -0.39 is 27.3 Å². The number of hydrogen-bond donors (Lipinski definition) is 2. The van der Waals surface area contributed by atoms with Gasteiger partial charge >= 0.3 is 0 Å². The number of nitrogens with two attached hydrogens (primary N) is 1. The van der Waals surface area contributed by atoms with E-state index in [1.807, 2.05) is 0 Å². The molecule has 0 aliphatic carbocycles. The molecule has 3 N–H and O–H groups in total. The third kappa shape index (κ3) is 4.49. The van der Waals surface area contributed by atoms with Gasteiger partial charge in [-0.1, -0.05) is 0 Å². The van der Waals surface area contributed by atoms with Crippen LogP contribution in [0.15, 0.2) is 23.1 Å². The van der Waals surface area contributed by atoms with Gasteiger partial charge in [0.25, 0.3) is 0 Å². The molecule has 0 saturated carbocycles. The topological polar surface area (TPSA) is 98.5 Å². The molecular formula is C11H15FN2O4S. The Bertz CT molecular complexity index is 560. The number of amides is 1. The average molecular weight is 290 g/mol. The molecule has 0 atom stereocenters. The Balaban J connectivity index is 2.75. The quantitative estimate of drug-likeness (QED) is 0.565. The fraction of sp³-hybridized carbons (Fsp3) is 0.364. The number of methoxy groups -OCH3 is 1. The van der Waals surface area contributed by atoms with Gasteiger partial charge in [-0.3, -0.25) is 4.79 Å². The molecule has 0 unspecified atom stereocenters. The van der Waals surface area contributed by atoms with Crippen molar-refractivity contribution in [3.8, 4) is 0 Å². The van der Waals surface area contributed by atoms with Crippen LogP contribution in [0.4, 0.5) is 10.1 Å². The largest absolute Gasteiger partial charge is 0.396 e. The first-order chi connectivity index (χ1) is 8.86. The molecule has 0 fully saturated rings. The number of ether oxygens (including phenoxy) is 1. The number of halogens is 1. The highest BCUT2D eigenvalue weighted by molar-refractivity contribution is 7.92. The van der Waals surface area contributed by atoms with E-state index in [0.717, 1.165) is 18.2 Å². The van der Waals surface area contributed by atoms with Crippen LogP contribution in [-0.2, 0) is 19.4 Å². The molecule has 0 saturated heterocycles. The van der Waals surface area contributed by atoms with Gasteiger partial charge in [0.15, 0.2) is 9.84 Å². The van der Waals surface area contributed by atoms with Crippen molar-refractivity contribution < 1.29 is 22.3 Å². The van der Waals surface area contributed by atoms with Crippen LogP contribution in [0, 0.1) is 5.82 Å². The fourth-order valence-corrected chi connectivity index (χ4v) is 2.47. The number of sulfone groups is 1. The third-order valence-electron chi connectivity index (χ3n) is 2.28. The zero-order chi connectivity index (χ0) is 14.5. The summed E-state index contributed by atoms with van der Waals surface area (Å²) in [5.74, 6) is -2.25. The van der Waals surface area contributed by atoms with Gasteiger partial charge in [0, 0.05) is 13.7 Å². The average Bonchev–Trinajstić information content (AvgIpc) is 2.32. The molecule has 106 valence electrons. The van der Waals surface area contributed by atoms with E-state index in [9.17, 15) is 17.6 Å². The SMILES string of the molecule is COCCNC(=O)CS(=O)(=O)c1ccc(N)c(F)c1. The lowest BCUT2D eigenvalue weighted by atomic mass is 10.3. The molecule has 8 heteroatoms. The van der Waals surface area contributed by atoms with Crippen molar-refractivity contribution in [2.75, 3.05) is 31.7 Å². The summed E-state index contributed by atoms with van der Waals surface area (Å²) in [5.41, 5.74) is 5.10. The number of hydrogen-bond acceptors (Lipinski definition) is 5. The van der Waals surface area contributed by atoms with E-state index in [1.165, 1.54) is 7.11 Å². The van der Waals surface area contributed by atoms with Gasteiger partial charge < -0.3 is 15.8 Å². The maximum absolute atomic E-state index is 13.2. The first-order valence-corrected chi connectivity index (χ1v) is 7.05. The van der Waals surface area contributed by atoms with Gasteiger partial charge in [0.1, 0.15) is 11.6 Å². The second-order valence-electron chi connectivity index (χ2n) is 3.79. The Morgan fingerprint density at radius 1 is 1.47 bits per heavy atom.